The lowest BCUT2D eigenvalue weighted by molar-refractivity contribution is 0.0693. The third-order valence-electron chi connectivity index (χ3n) is 7.51. The van der Waals surface area contributed by atoms with Gasteiger partial charge in [0, 0.05) is 27.0 Å². The number of azo groups is 1. The van der Waals surface area contributed by atoms with E-state index in [4.69, 9.17) is 0 Å². The number of rotatable bonds is 6. The minimum atomic E-state index is -0.534. The maximum absolute atomic E-state index is 13.0. The molecule has 8 heteroatoms. The summed E-state index contributed by atoms with van der Waals surface area (Å²) in [5.74, 6) is -0.833. The molecule has 6 nitrogen and oxygen atoms in total. The summed E-state index contributed by atoms with van der Waals surface area (Å²) in [6, 6.07) is 15.7. The van der Waals surface area contributed by atoms with E-state index < -0.39 is 17.2 Å². The van der Waals surface area contributed by atoms with Crippen LogP contribution in [-0.4, -0.2) is 28.9 Å². The normalized spacial score (nSPS) is 14.4. The predicted octanol–water partition coefficient (Wildman–Crippen LogP) is 9.60. The third-order valence-corrected chi connectivity index (χ3v) is 8.74. The molecule has 1 heterocycles. The zero-order chi connectivity index (χ0) is 29.8. The van der Waals surface area contributed by atoms with Crippen molar-refractivity contribution in [2.45, 2.75) is 65.7 Å². The number of halogens is 2. The highest BCUT2D eigenvalue weighted by atomic mass is 79.9. The van der Waals surface area contributed by atoms with E-state index in [1.54, 1.807) is 6.07 Å². The Kier molecular flexibility index (Phi) is 7.93. The second-order valence-corrected chi connectivity index (χ2v) is 14.5. The number of carbonyl (C=O) groups excluding carboxylic acids is 2. The summed E-state index contributed by atoms with van der Waals surface area (Å²) in [5.41, 5.74) is 3.08. The summed E-state index contributed by atoms with van der Waals surface area (Å²) in [6.07, 6.45) is 0.904. The fourth-order valence-corrected chi connectivity index (χ4v) is 7.07. The first-order chi connectivity index (χ1) is 18.5. The predicted molar refractivity (Wildman–Crippen MR) is 166 cm³/mol. The van der Waals surface area contributed by atoms with Crippen LogP contribution in [0.1, 0.15) is 92.3 Å². The summed E-state index contributed by atoms with van der Waals surface area (Å²) in [7, 11) is 1.44. The standard InChI is InChI=1S/C32H35Br2N3O3/c1-30(2,3)17-31(4,5)19-14-20(32(6,7)18-12-10-9-11-13-18)27(38)23(15-19)35-36-26-22(34)16-21(33)24-25(26)29(40)37(8)28(24)39/h9-16,38H,17H2,1-8H3/b36-35+. The summed E-state index contributed by atoms with van der Waals surface area (Å²) in [5, 5.41) is 20.6. The Morgan fingerprint density at radius 1 is 0.800 bits per heavy atom. The number of amides is 2. The van der Waals surface area contributed by atoms with Crippen LogP contribution in [-0.2, 0) is 10.8 Å². The maximum Gasteiger partial charge on any atom is 0.263 e. The third kappa shape index (κ3) is 5.53. The number of nitrogens with zero attached hydrogens (tertiary/aromatic N) is 3. The fourth-order valence-electron chi connectivity index (χ4n) is 5.66. The topological polar surface area (TPSA) is 82.3 Å². The maximum atomic E-state index is 13.0. The van der Waals surface area contributed by atoms with Gasteiger partial charge in [-0.2, -0.15) is 0 Å². The monoisotopic (exact) mass is 667 g/mol. The number of aromatic hydroxyl groups is 1. The molecular weight excluding hydrogens is 634 g/mol. The number of benzene rings is 3. The van der Waals surface area contributed by atoms with Crippen molar-refractivity contribution in [3.8, 4) is 5.75 Å². The van der Waals surface area contributed by atoms with Crippen LogP contribution in [0.15, 0.2) is 67.7 Å². The van der Waals surface area contributed by atoms with Crippen molar-refractivity contribution in [1.29, 1.82) is 0 Å². The van der Waals surface area contributed by atoms with E-state index in [-0.39, 0.29) is 33.4 Å². The van der Waals surface area contributed by atoms with E-state index in [9.17, 15) is 14.7 Å². The van der Waals surface area contributed by atoms with Gasteiger partial charge in [-0.25, -0.2) is 0 Å². The van der Waals surface area contributed by atoms with E-state index in [1.807, 2.05) is 24.3 Å². The van der Waals surface area contributed by atoms with Gasteiger partial charge in [0.25, 0.3) is 11.8 Å². The number of carbonyl (C=O) groups is 2. The van der Waals surface area contributed by atoms with E-state index in [1.165, 1.54) is 7.05 Å². The molecule has 3 aromatic carbocycles. The molecule has 0 saturated carbocycles. The van der Waals surface area contributed by atoms with Crippen LogP contribution in [0.25, 0.3) is 0 Å². The number of fused-ring (bicyclic) bond motifs is 1. The van der Waals surface area contributed by atoms with Crippen LogP contribution in [0.5, 0.6) is 5.75 Å². The molecule has 0 unspecified atom stereocenters. The zero-order valence-corrected chi connectivity index (χ0v) is 27.4. The average molecular weight is 669 g/mol. The molecule has 0 aromatic heterocycles. The molecule has 0 atom stereocenters. The highest BCUT2D eigenvalue weighted by Crippen LogP contribution is 2.48. The van der Waals surface area contributed by atoms with Crippen molar-refractivity contribution in [3.05, 3.63) is 85.3 Å². The van der Waals surface area contributed by atoms with Crippen molar-refractivity contribution >= 4 is 55.0 Å². The first-order valence-corrected chi connectivity index (χ1v) is 14.7. The Hall–Kier alpha value is -2.84. The lowest BCUT2D eigenvalue weighted by Gasteiger charge is -2.35. The van der Waals surface area contributed by atoms with E-state index >= 15 is 0 Å². The van der Waals surface area contributed by atoms with Crippen LogP contribution >= 0.6 is 31.9 Å². The number of phenols is 1. The molecule has 210 valence electrons. The zero-order valence-electron chi connectivity index (χ0n) is 24.2. The van der Waals surface area contributed by atoms with E-state index in [0.717, 1.165) is 28.0 Å². The van der Waals surface area contributed by atoms with Crippen LogP contribution in [0.2, 0.25) is 0 Å². The van der Waals surface area contributed by atoms with Gasteiger partial charge in [0.2, 0.25) is 0 Å². The van der Waals surface area contributed by atoms with Crippen LogP contribution in [0.4, 0.5) is 11.4 Å². The first-order valence-electron chi connectivity index (χ1n) is 13.2. The van der Waals surface area contributed by atoms with Crippen molar-refractivity contribution in [3.63, 3.8) is 0 Å². The van der Waals surface area contributed by atoms with E-state index in [0.29, 0.717) is 14.6 Å². The molecule has 2 amide bonds. The van der Waals surface area contributed by atoms with Gasteiger partial charge in [-0.05, 0) is 72.4 Å². The molecule has 1 aliphatic rings. The summed E-state index contributed by atoms with van der Waals surface area (Å²) >= 11 is 6.89. The van der Waals surface area contributed by atoms with Crippen molar-refractivity contribution in [2.24, 2.45) is 15.6 Å². The number of hydrogen-bond donors (Lipinski definition) is 1. The molecule has 0 radical (unpaired) electrons. The number of phenolic OH excluding ortho intramolecular Hbond substituents is 1. The first kappa shape index (κ1) is 30.1. The highest BCUT2D eigenvalue weighted by molar-refractivity contribution is 9.11. The molecule has 40 heavy (non-hydrogen) atoms. The van der Waals surface area contributed by atoms with Crippen LogP contribution in [0.3, 0.4) is 0 Å². The lowest BCUT2D eigenvalue weighted by Crippen LogP contribution is -2.26. The Morgan fingerprint density at radius 3 is 2.00 bits per heavy atom. The van der Waals surface area contributed by atoms with Crippen LogP contribution < -0.4 is 0 Å². The average Bonchev–Trinajstić information content (AvgIpc) is 3.08. The molecule has 0 saturated heterocycles. The Labute approximate surface area is 253 Å². The minimum Gasteiger partial charge on any atom is -0.505 e. The molecule has 4 rings (SSSR count). The van der Waals surface area contributed by atoms with Crippen molar-refractivity contribution in [2.75, 3.05) is 7.05 Å². The molecule has 1 N–H and O–H groups in total. The van der Waals surface area contributed by atoms with Crippen molar-refractivity contribution < 1.29 is 14.7 Å². The molecule has 0 fully saturated rings. The SMILES string of the molecule is CN1C(=O)c2c(Br)cc(Br)c(/N=N/c3cc(C(C)(C)CC(C)(C)C)cc(C(C)(C)c4ccccc4)c3O)c2C1=O. The second kappa shape index (κ2) is 10.5. The molecule has 1 aliphatic heterocycles. The Bertz CT molecular complexity index is 1540. The van der Waals surface area contributed by atoms with Gasteiger partial charge in [0.1, 0.15) is 17.1 Å². The molecule has 3 aromatic rings. The Morgan fingerprint density at radius 2 is 1.40 bits per heavy atom. The Balaban J connectivity index is 1.94. The van der Waals surface area contributed by atoms with Gasteiger partial charge in [-0.3, -0.25) is 14.5 Å². The van der Waals surface area contributed by atoms with Gasteiger partial charge in [0.15, 0.2) is 0 Å². The molecule has 0 spiro atoms. The minimum absolute atomic E-state index is 0.0253. The molecule has 0 bridgehead atoms. The smallest absolute Gasteiger partial charge is 0.263 e. The lowest BCUT2D eigenvalue weighted by atomic mass is 9.70. The van der Waals surface area contributed by atoms with Gasteiger partial charge < -0.3 is 5.11 Å². The van der Waals surface area contributed by atoms with Gasteiger partial charge >= 0.3 is 0 Å². The summed E-state index contributed by atoms with van der Waals surface area (Å²) < 4.78 is 1.00. The number of imide groups is 1. The highest BCUT2D eigenvalue weighted by Gasteiger charge is 2.38. The summed E-state index contributed by atoms with van der Waals surface area (Å²) in [4.78, 5) is 26.8. The fraction of sp³-hybridized carbons (Fsp3) is 0.375. The van der Waals surface area contributed by atoms with Gasteiger partial charge in [0.05, 0.1) is 11.1 Å². The second-order valence-electron chi connectivity index (χ2n) is 12.8. The molecule has 0 aliphatic carbocycles. The quantitative estimate of drug-likeness (QED) is 0.210. The van der Waals surface area contributed by atoms with Gasteiger partial charge in [-0.15, -0.1) is 10.2 Å². The molecular formula is C32H35Br2N3O3. The van der Waals surface area contributed by atoms with Gasteiger partial charge in [-0.1, -0.05) is 84.9 Å². The largest absolute Gasteiger partial charge is 0.505 e. The van der Waals surface area contributed by atoms with E-state index in [2.05, 4.69) is 109 Å². The summed E-state index contributed by atoms with van der Waals surface area (Å²) in [6.45, 7) is 15.2. The van der Waals surface area contributed by atoms with Crippen molar-refractivity contribution in [1.82, 2.24) is 4.90 Å². The van der Waals surface area contributed by atoms with Crippen LogP contribution in [0, 0.1) is 5.41 Å². The number of hydrogen-bond acceptors (Lipinski definition) is 5.